The van der Waals surface area contributed by atoms with Crippen molar-refractivity contribution in [3.63, 3.8) is 0 Å². The summed E-state index contributed by atoms with van der Waals surface area (Å²) in [6, 6.07) is 10.0. The largest absolute Gasteiger partial charge is 0.465 e. The van der Waals surface area contributed by atoms with Gasteiger partial charge in [-0.05, 0) is 17.7 Å². The summed E-state index contributed by atoms with van der Waals surface area (Å²) in [5.74, 6) is -0.773. The van der Waals surface area contributed by atoms with Gasteiger partial charge in [0, 0.05) is 29.2 Å². The zero-order valence-electron chi connectivity index (χ0n) is 13.1. The maximum Gasteiger partial charge on any atom is 0.341 e. The molecular weight excluding hydrogens is 330 g/mol. The number of nitriles is 1. The zero-order chi connectivity index (χ0) is 17.7. The van der Waals surface area contributed by atoms with Crippen LogP contribution in [0.25, 0.3) is 5.57 Å². The highest BCUT2D eigenvalue weighted by molar-refractivity contribution is 6.30. The summed E-state index contributed by atoms with van der Waals surface area (Å²) in [5.41, 5.74) is 1.00. The molecule has 0 aliphatic carbocycles. The van der Waals surface area contributed by atoms with Crippen molar-refractivity contribution in [1.82, 2.24) is 0 Å². The van der Waals surface area contributed by atoms with Crippen molar-refractivity contribution < 1.29 is 18.7 Å². The van der Waals surface area contributed by atoms with Crippen molar-refractivity contribution >= 4 is 28.9 Å². The maximum atomic E-state index is 12.0. The lowest BCUT2D eigenvalue weighted by Gasteiger charge is -2.06. The van der Waals surface area contributed by atoms with Gasteiger partial charge in [-0.3, -0.25) is 4.79 Å². The number of rotatable bonds is 5. The van der Waals surface area contributed by atoms with Crippen LogP contribution in [-0.4, -0.2) is 18.9 Å². The van der Waals surface area contributed by atoms with Gasteiger partial charge in [-0.25, -0.2) is 4.79 Å². The summed E-state index contributed by atoms with van der Waals surface area (Å²) >= 11 is 6.00. The van der Waals surface area contributed by atoms with Crippen LogP contribution in [0, 0.1) is 11.3 Å². The number of methoxy groups -OCH3 is 1. The Morgan fingerprint density at radius 2 is 2.12 bits per heavy atom. The molecule has 0 spiro atoms. The molecule has 0 bridgehead atoms. The molecule has 0 atom stereocenters. The number of allylic oxidation sites excluding steroid dienone is 1. The zero-order valence-corrected chi connectivity index (χ0v) is 13.9. The third-order valence-electron chi connectivity index (χ3n) is 3.32. The minimum absolute atomic E-state index is 0.0405. The van der Waals surface area contributed by atoms with Crippen LogP contribution in [-0.2, 0) is 4.74 Å². The Balaban J connectivity index is 2.68. The number of nitrogens with zero attached hydrogens (tertiary/aromatic N) is 1. The summed E-state index contributed by atoms with van der Waals surface area (Å²) in [6.07, 6.45) is 1.46. The Hall–Kier alpha value is -2.84. The number of ketones is 1. The van der Waals surface area contributed by atoms with Crippen molar-refractivity contribution in [1.29, 1.82) is 5.26 Å². The molecule has 0 saturated heterocycles. The normalized spacial score (nSPS) is 11.0. The molecule has 5 nitrogen and oxygen atoms in total. The number of carbonyl (C=O) groups excluding carboxylic acids is 2. The Morgan fingerprint density at radius 3 is 2.71 bits per heavy atom. The predicted octanol–water partition coefficient (Wildman–Crippen LogP) is 4.27. The number of ether oxygens (including phenoxy) is 1. The summed E-state index contributed by atoms with van der Waals surface area (Å²) in [5, 5.41) is 9.56. The van der Waals surface area contributed by atoms with Crippen LogP contribution in [0.3, 0.4) is 0 Å². The molecule has 0 saturated carbocycles. The van der Waals surface area contributed by atoms with E-state index in [1.807, 2.05) is 6.07 Å². The van der Waals surface area contributed by atoms with Gasteiger partial charge < -0.3 is 9.15 Å². The van der Waals surface area contributed by atoms with Gasteiger partial charge in [-0.2, -0.15) is 5.26 Å². The topological polar surface area (TPSA) is 80.3 Å². The fourth-order valence-electron chi connectivity index (χ4n) is 2.16. The predicted molar refractivity (Wildman–Crippen MR) is 88.8 cm³/mol. The summed E-state index contributed by atoms with van der Waals surface area (Å²) in [7, 11) is 1.23. The highest BCUT2D eigenvalue weighted by Crippen LogP contribution is 2.31. The first-order chi connectivity index (χ1) is 11.5. The molecule has 0 aliphatic heterocycles. The van der Waals surface area contributed by atoms with Crippen LogP contribution >= 0.6 is 11.6 Å². The fraction of sp³-hybridized carbons (Fsp3) is 0.167. The van der Waals surface area contributed by atoms with Crippen molar-refractivity contribution in [2.45, 2.75) is 13.3 Å². The molecule has 6 heteroatoms. The lowest BCUT2D eigenvalue weighted by atomic mass is 10.0. The smallest absolute Gasteiger partial charge is 0.341 e. The second-order valence-corrected chi connectivity index (χ2v) is 5.26. The molecule has 0 radical (unpaired) electrons. The molecule has 0 N–H and O–H groups in total. The van der Waals surface area contributed by atoms with E-state index in [1.165, 1.54) is 19.3 Å². The fourth-order valence-corrected chi connectivity index (χ4v) is 2.36. The number of hydrogen-bond donors (Lipinski definition) is 0. The Labute approximate surface area is 144 Å². The first-order valence-corrected chi connectivity index (χ1v) is 7.51. The molecule has 0 fully saturated rings. The van der Waals surface area contributed by atoms with E-state index in [9.17, 15) is 9.59 Å². The Morgan fingerprint density at radius 1 is 1.38 bits per heavy atom. The number of furan rings is 1. The van der Waals surface area contributed by atoms with Crippen molar-refractivity contribution in [2.75, 3.05) is 7.11 Å². The van der Waals surface area contributed by atoms with Gasteiger partial charge in [0.25, 0.3) is 0 Å². The number of halogens is 1. The van der Waals surface area contributed by atoms with E-state index < -0.39 is 5.97 Å². The standard InChI is InChI=1S/C18H14ClNO4/c1-3-15(21)16-10-14(18(22)23-2)17(24-16)13(7-8-20)11-5-4-6-12(19)9-11/h4-7,9-10H,3H2,1-2H3. The van der Waals surface area contributed by atoms with Crippen LogP contribution in [0.1, 0.15) is 45.6 Å². The number of hydrogen-bond acceptors (Lipinski definition) is 5. The molecule has 0 aliphatic rings. The summed E-state index contributed by atoms with van der Waals surface area (Å²) < 4.78 is 10.3. The first kappa shape index (κ1) is 17.5. The SMILES string of the molecule is CCC(=O)c1cc(C(=O)OC)c(C(=CC#N)c2cccc(Cl)c2)o1. The van der Waals surface area contributed by atoms with Crippen molar-refractivity contribution in [2.24, 2.45) is 0 Å². The maximum absolute atomic E-state index is 12.0. The quantitative estimate of drug-likeness (QED) is 0.460. The minimum Gasteiger partial charge on any atom is -0.465 e. The van der Waals surface area contributed by atoms with Crippen LogP contribution in [0.5, 0.6) is 0 Å². The molecule has 1 heterocycles. The number of Topliss-reactive ketones (excluding diaryl/α,β-unsaturated/α-hetero) is 1. The molecular formula is C18H14ClNO4. The molecule has 2 rings (SSSR count). The molecule has 24 heavy (non-hydrogen) atoms. The molecule has 0 amide bonds. The molecule has 0 unspecified atom stereocenters. The van der Waals surface area contributed by atoms with Gasteiger partial charge in [0.15, 0.2) is 17.3 Å². The summed E-state index contributed by atoms with van der Waals surface area (Å²) in [6.45, 7) is 1.69. The van der Waals surface area contributed by atoms with Gasteiger partial charge in [-0.15, -0.1) is 0 Å². The van der Waals surface area contributed by atoms with E-state index in [0.717, 1.165) is 0 Å². The lowest BCUT2D eigenvalue weighted by molar-refractivity contribution is 0.0599. The van der Waals surface area contributed by atoms with Gasteiger partial charge in [0.05, 0.1) is 13.2 Å². The minimum atomic E-state index is -0.658. The van der Waals surface area contributed by atoms with Crippen molar-refractivity contribution in [3.05, 3.63) is 64.1 Å². The van der Waals surface area contributed by atoms with Gasteiger partial charge in [-0.1, -0.05) is 30.7 Å². The van der Waals surface area contributed by atoms with Gasteiger partial charge >= 0.3 is 5.97 Å². The van der Waals surface area contributed by atoms with Crippen molar-refractivity contribution in [3.8, 4) is 6.07 Å². The first-order valence-electron chi connectivity index (χ1n) is 7.13. The third kappa shape index (κ3) is 3.55. The molecule has 122 valence electrons. The summed E-state index contributed by atoms with van der Waals surface area (Å²) in [4.78, 5) is 23.9. The van der Waals surface area contributed by atoms with Gasteiger partial charge in [0.1, 0.15) is 5.56 Å². The number of esters is 1. The average Bonchev–Trinajstić information content (AvgIpc) is 3.03. The van der Waals surface area contributed by atoms with E-state index in [4.69, 9.17) is 26.0 Å². The number of carbonyl (C=O) groups is 2. The molecule has 1 aromatic heterocycles. The van der Waals surface area contributed by atoms with Crippen LogP contribution in [0.4, 0.5) is 0 Å². The monoisotopic (exact) mass is 343 g/mol. The van der Waals surface area contributed by atoms with Gasteiger partial charge in [0.2, 0.25) is 0 Å². The Kier molecular flexibility index (Phi) is 5.56. The second-order valence-electron chi connectivity index (χ2n) is 4.82. The van der Waals surface area contributed by atoms with E-state index in [2.05, 4.69) is 0 Å². The molecule has 2 aromatic rings. The number of benzene rings is 1. The van der Waals surface area contributed by atoms with E-state index in [0.29, 0.717) is 16.2 Å². The van der Waals surface area contributed by atoms with Crippen LogP contribution in [0.15, 0.2) is 40.8 Å². The van der Waals surface area contributed by atoms with Crippen LogP contribution < -0.4 is 0 Å². The average molecular weight is 344 g/mol. The highest BCUT2D eigenvalue weighted by atomic mass is 35.5. The molecule has 1 aromatic carbocycles. The van der Waals surface area contributed by atoms with E-state index >= 15 is 0 Å². The second kappa shape index (κ2) is 7.62. The third-order valence-corrected chi connectivity index (χ3v) is 3.56. The van der Waals surface area contributed by atoms with Crippen LogP contribution in [0.2, 0.25) is 5.02 Å². The highest BCUT2D eigenvalue weighted by Gasteiger charge is 2.24. The van der Waals surface area contributed by atoms with E-state index in [-0.39, 0.29) is 29.3 Å². The lowest BCUT2D eigenvalue weighted by Crippen LogP contribution is -2.03. The van der Waals surface area contributed by atoms with E-state index in [1.54, 1.807) is 31.2 Å². The Bertz CT molecular complexity index is 858.